The highest BCUT2D eigenvalue weighted by molar-refractivity contribution is 6.50. The summed E-state index contributed by atoms with van der Waals surface area (Å²) < 4.78 is 11.2. The molecule has 0 unspecified atom stereocenters. The fourth-order valence-electron chi connectivity index (χ4n) is 1.18. The van der Waals surface area contributed by atoms with Gasteiger partial charge in [-0.15, -0.1) is 0 Å². The number of hydrogen-bond acceptors (Lipinski definition) is 2. The molecule has 0 amide bonds. The van der Waals surface area contributed by atoms with Gasteiger partial charge in [-0.2, -0.15) is 0 Å². The lowest BCUT2D eigenvalue weighted by molar-refractivity contribution is 0.0335. The average molecular weight is 196 g/mol. The SMILES string of the molecule is CC(C)(C)C=CB1OCC(C)(C)CO1. The van der Waals surface area contributed by atoms with E-state index in [-0.39, 0.29) is 17.9 Å². The summed E-state index contributed by atoms with van der Waals surface area (Å²) in [6.07, 6.45) is 2.13. The van der Waals surface area contributed by atoms with E-state index in [1.807, 2.05) is 5.98 Å². The van der Waals surface area contributed by atoms with Crippen LogP contribution in [-0.4, -0.2) is 20.3 Å². The van der Waals surface area contributed by atoms with Crippen LogP contribution in [0.3, 0.4) is 0 Å². The van der Waals surface area contributed by atoms with E-state index in [1.165, 1.54) is 0 Å². The lowest BCUT2D eigenvalue weighted by atomic mass is 9.81. The highest BCUT2D eigenvalue weighted by atomic mass is 16.6. The molecule has 0 aromatic carbocycles. The first-order valence-corrected chi connectivity index (χ1v) is 5.21. The predicted molar refractivity (Wildman–Crippen MR) is 60.0 cm³/mol. The molecule has 3 heteroatoms. The second-order valence-electron chi connectivity index (χ2n) is 5.88. The molecule has 0 saturated carbocycles. The molecule has 0 aliphatic carbocycles. The van der Waals surface area contributed by atoms with Crippen molar-refractivity contribution >= 4 is 7.12 Å². The summed E-state index contributed by atoms with van der Waals surface area (Å²) in [5.74, 6) is 2.01. The van der Waals surface area contributed by atoms with Gasteiger partial charge >= 0.3 is 7.12 Å². The first kappa shape index (κ1) is 11.8. The quantitative estimate of drug-likeness (QED) is 0.600. The van der Waals surface area contributed by atoms with E-state index in [0.29, 0.717) is 0 Å². The van der Waals surface area contributed by atoms with Crippen LogP contribution in [-0.2, 0) is 9.31 Å². The van der Waals surface area contributed by atoms with Gasteiger partial charge in [-0.1, -0.05) is 46.7 Å². The van der Waals surface area contributed by atoms with Crippen LogP contribution in [0.25, 0.3) is 0 Å². The lowest BCUT2D eigenvalue weighted by Gasteiger charge is -2.32. The van der Waals surface area contributed by atoms with Crippen LogP contribution in [0.1, 0.15) is 34.6 Å². The molecule has 1 heterocycles. The van der Waals surface area contributed by atoms with E-state index in [4.69, 9.17) is 9.31 Å². The Morgan fingerprint density at radius 1 is 1.14 bits per heavy atom. The molecule has 1 aliphatic rings. The van der Waals surface area contributed by atoms with Crippen molar-refractivity contribution in [3.05, 3.63) is 12.1 Å². The zero-order chi connectivity index (χ0) is 10.8. The van der Waals surface area contributed by atoms with E-state index in [1.54, 1.807) is 0 Å². The Kier molecular flexibility index (Phi) is 3.43. The van der Waals surface area contributed by atoms with Crippen molar-refractivity contribution in [2.75, 3.05) is 13.2 Å². The number of rotatable bonds is 1. The molecule has 0 spiro atoms. The summed E-state index contributed by atoms with van der Waals surface area (Å²) in [7, 11) is -0.151. The van der Waals surface area contributed by atoms with E-state index >= 15 is 0 Å². The standard InChI is InChI=1S/C11H21BO2/c1-10(2,3)6-7-12-13-8-11(4,5)9-14-12/h6-7H,8-9H2,1-5H3. The van der Waals surface area contributed by atoms with Crippen LogP contribution in [0.2, 0.25) is 0 Å². The van der Waals surface area contributed by atoms with Crippen molar-refractivity contribution in [1.29, 1.82) is 0 Å². The van der Waals surface area contributed by atoms with E-state index < -0.39 is 0 Å². The van der Waals surface area contributed by atoms with Gasteiger partial charge in [-0.3, -0.25) is 0 Å². The second kappa shape index (κ2) is 4.07. The monoisotopic (exact) mass is 196 g/mol. The van der Waals surface area contributed by atoms with Gasteiger partial charge < -0.3 is 9.31 Å². The summed E-state index contributed by atoms with van der Waals surface area (Å²) in [6.45, 7) is 12.3. The Balaban J connectivity index is 2.40. The third kappa shape index (κ3) is 4.29. The Morgan fingerprint density at radius 3 is 2.07 bits per heavy atom. The summed E-state index contributed by atoms with van der Waals surface area (Å²) in [4.78, 5) is 0. The van der Waals surface area contributed by atoms with Crippen LogP contribution < -0.4 is 0 Å². The third-order valence-electron chi connectivity index (χ3n) is 2.03. The summed E-state index contributed by atoms with van der Waals surface area (Å²) in [5.41, 5.74) is 0.353. The lowest BCUT2D eigenvalue weighted by Crippen LogP contribution is -2.39. The smallest absolute Gasteiger partial charge is 0.407 e. The third-order valence-corrected chi connectivity index (χ3v) is 2.03. The maximum Gasteiger partial charge on any atom is 0.485 e. The number of hydrogen-bond donors (Lipinski definition) is 0. The molecule has 0 N–H and O–H groups in total. The van der Waals surface area contributed by atoms with Crippen molar-refractivity contribution < 1.29 is 9.31 Å². The highest BCUT2D eigenvalue weighted by Gasteiger charge is 2.30. The van der Waals surface area contributed by atoms with Crippen molar-refractivity contribution in [2.45, 2.75) is 34.6 Å². The molecule has 0 radical (unpaired) electrons. The molecule has 14 heavy (non-hydrogen) atoms. The molecule has 1 aliphatic heterocycles. The molecule has 2 nitrogen and oxygen atoms in total. The molecule has 1 rings (SSSR count). The predicted octanol–water partition coefficient (Wildman–Crippen LogP) is 2.69. The second-order valence-corrected chi connectivity index (χ2v) is 5.88. The Hall–Kier alpha value is -0.275. The Morgan fingerprint density at radius 2 is 1.64 bits per heavy atom. The highest BCUT2D eigenvalue weighted by Crippen LogP contribution is 2.22. The van der Waals surface area contributed by atoms with Gasteiger partial charge in [0.1, 0.15) is 0 Å². The average Bonchev–Trinajstić information content (AvgIpc) is 2.01. The van der Waals surface area contributed by atoms with Gasteiger partial charge in [0.05, 0.1) is 0 Å². The van der Waals surface area contributed by atoms with Crippen molar-refractivity contribution in [1.82, 2.24) is 0 Å². The number of allylic oxidation sites excluding steroid dienone is 1. The molecule has 0 aromatic rings. The van der Waals surface area contributed by atoms with E-state index in [9.17, 15) is 0 Å². The molecule has 80 valence electrons. The van der Waals surface area contributed by atoms with Crippen LogP contribution in [0, 0.1) is 10.8 Å². The summed E-state index contributed by atoms with van der Waals surface area (Å²) in [5, 5.41) is 0. The van der Waals surface area contributed by atoms with Crippen LogP contribution in [0.4, 0.5) is 0 Å². The molecule has 1 fully saturated rings. The van der Waals surface area contributed by atoms with Gasteiger partial charge in [-0.25, -0.2) is 0 Å². The fraction of sp³-hybridized carbons (Fsp3) is 0.818. The first-order valence-electron chi connectivity index (χ1n) is 5.21. The Bertz CT molecular complexity index is 206. The van der Waals surface area contributed by atoms with Gasteiger partial charge in [-0.05, 0) is 5.41 Å². The van der Waals surface area contributed by atoms with Gasteiger partial charge in [0, 0.05) is 18.6 Å². The van der Waals surface area contributed by atoms with Gasteiger partial charge in [0.25, 0.3) is 0 Å². The van der Waals surface area contributed by atoms with Crippen LogP contribution in [0.5, 0.6) is 0 Å². The molecule has 0 aromatic heterocycles. The van der Waals surface area contributed by atoms with Gasteiger partial charge in [0.15, 0.2) is 0 Å². The Labute approximate surface area is 87.8 Å². The molecule has 0 bridgehead atoms. The van der Waals surface area contributed by atoms with Gasteiger partial charge in [0.2, 0.25) is 0 Å². The van der Waals surface area contributed by atoms with Crippen molar-refractivity contribution in [3.8, 4) is 0 Å². The largest absolute Gasteiger partial charge is 0.485 e. The minimum atomic E-state index is -0.151. The topological polar surface area (TPSA) is 18.5 Å². The minimum absolute atomic E-state index is 0.151. The van der Waals surface area contributed by atoms with Crippen molar-refractivity contribution in [2.24, 2.45) is 10.8 Å². The van der Waals surface area contributed by atoms with Crippen LogP contribution in [0.15, 0.2) is 12.1 Å². The maximum atomic E-state index is 5.58. The van der Waals surface area contributed by atoms with Crippen LogP contribution >= 0.6 is 0 Å². The molecule has 1 saturated heterocycles. The molecule has 0 atom stereocenters. The maximum absolute atomic E-state index is 5.58. The summed E-state index contributed by atoms with van der Waals surface area (Å²) in [6, 6.07) is 0. The minimum Gasteiger partial charge on any atom is -0.407 e. The summed E-state index contributed by atoms with van der Waals surface area (Å²) >= 11 is 0. The van der Waals surface area contributed by atoms with E-state index in [2.05, 4.69) is 40.7 Å². The zero-order valence-corrected chi connectivity index (χ0v) is 9.96. The fourth-order valence-corrected chi connectivity index (χ4v) is 1.18. The first-order chi connectivity index (χ1) is 6.29. The van der Waals surface area contributed by atoms with E-state index in [0.717, 1.165) is 13.2 Å². The zero-order valence-electron chi connectivity index (χ0n) is 9.96. The molecular formula is C11H21BO2. The van der Waals surface area contributed by atoms with Crippen molar-refractivity contribution in [3.63, 3.8) is 0 Å². The molecular weight excluding hydrogens is 175 g/mol. The normalized spacial score (nSPS) is 23.1.